The van der Waals surface area contributed by atoms with Crippen molar-refractivity contribution in [2.75, 3.05) is 26.2 Å². The van der Waals surface area contributed by atoms with Gasteiger partial charge in [0.2, 0.25) is 11.8 Å². The fraction of sp³-hybridized carbons (Fsp3) is 0.765. The minimum absolute atomic E-state index is 0. The number of carbonyl (C=O) groups excluding carboxylic acids is 1. The van der Waals surface area contributed by atoms with Crippen molar-refractivity contribution in [2.24, 2.45) is 4.99 Å². The second-order valence-electron chi connectivity index (χ2n) is 7.25. The van der Waals surface area contributed by atoms with E-state index < -0.39 is 0 Å². The van der Waals surface area contributed by atoms with E-state index in [0.29, 0.717) is 31.2 Å². The maximum atomic E-state index is 12.6. The number of halogens is 1. The van der Waals surface area contributed by atoms with Crippen molar-refractivity contribution >= 4 is 35.8 Å². The maximum Gasteiger partial charge on any atom is 0.242 e. The van der Waals surface area contributed by atoms with Crippen LogP contribution in [0.1, 0.15) is 46.3 Å². The van der Waals surface area contributed by atoms with Gasteiger partial charge >= 0.3 is 0 Å². The Morgan fingerprint density at radius 3 is 2.62 bits per heavy atom. The minimum atomic E-state index is -0.247. The Balaban J connectivity index is 0.00000338. The van der Waals surface area contributed by atoms with Crippen molar-refractivity contribution in [3.63, 3.8) is 0 Å². The summed E-state index contributed by atoms with van der Waals surface area (Å²) in [5.41, 5.74) is -0.247. The summed E-state index contributed by atoms with van der Waals surface area (Å²) in [6.45, 7) is 14.5. The molecule has 0 bridgehead atoms. The lowest BCUT2D eigenvalue weighted by Crippen LogP contribution is -2.66. The molecule has 2 rings (SSSR count). The first-order chi connectivity index (χ1) is 11.7. The highest BCUT2D eigenvalue weighted by molar-refractivity contribution is 14.0. The highest BCUT2D eigenvalue weighted by Crippen LogP contribution is 2.24. The molecule has 0 radical (unpaired) electrons. The number of nitrogens with one attached hydrogen (secondary N) is 1. The third-order valence-electron chi connectivity index (χ3n) is 4.13. The lowest BCUT2D eigenvalue weighted by Gasteiger charge is -2.49. The summed E-state index contributed by atoms with van der Waals surface area (Å²) in [5, 5.41) is 7.07. The molecule has 8 nitrogen and oxygen atoms in total. The number of aryl methyl sites for hydroxylation is 1. The Morgan fingerprint density at radius 2 is 2.12 bits per heavy atom. The number of hydrogen-bond donors (Lipinski definition) is 1. The minimum Gasteiger partial charge on any atom is -0.357 e. The van der Waals surface area contributed by atoms with Crippen LogP contribution < -0.4 is 5.32 Å². The highest BCUT2D eigenvalue weighted by Gasteiger charge is 2.40. The van der Waals surface area contributed by atoms with E-state index in [1.165, 1.54) is 0 Å². The first kappa shape index (κ1) is 22.7. The molecule has 1 N–H and O–H groups in total. The number of hydrogen-bond acceptors (Lipinski definition) is 5. The van der Waals surface area contributed by atoms with Crippen LogP contribution in [0.3, 0.4) is 0 Å². The van der Waals surface area contributed by atoms with Crippen molar-refractivity contribution in [2.45, 2.75) is 59.5 Å². The lowest BCUT2D eigenvalue weighted by molar-refractivity contribution is -0.145. The maximum absolute atomic E-state index is 12.6. The average Bonchev–Trinajstić information content (AvgIpc) is 2.89. The van der Waals surface area contributed by atoms with Crippen LogP contribution in [0.2, 0.25) is 0 Å². The molecule has 26 heavy (non-hydrogen) atoms. The van der Waals surface area contributed by atoms with E-state index in [9.17, 15) is 4.79 Å². The molecular weight excluding hydrogens is 447 g/mol. The van der Waals surface area contributed by atoms with Gasteiger partial charge in [-0.2, -0.15) is 4.98 Å². The van der Waals surface area contributed by atoms with Gasteiger partial charge in [0.15, 0.2) is 11.8 Å². The van der Waals surface area contributed by atoms with Crippen LogP contribution in [0.15, 0.2) is 9.52 Å². The fourth-order valence-electron chi connectivity index (χ4n) is 3.44. The van der Waals surface area contributed by atoms with E-state index in [-0.39, 0.29) is 41.5 Å². The van der Waals surface area contributed by atoms with Crippen LogP contribution in [-0.4, -0.2) is 69.6 Å². The van der Waals surface area contributed by atoms with E-state index >= 15 is 0 Å². The fourth-order valence-corrected chi connectivity index (χ4v) is 3.44. The Bertz CT molecular complexity index is 629. The Labute approximate surface area is 172 Å². The number of rotatable bonds is 5. The monoisotopic (exact) mass is 478 g/mol. The van der Waals surface area contributed by atoms with Crippen molar-refractivity contribution in [1.29, 1.82) is 0 Å². The summed E-state index contributed by atoms with van der Waals surface area (Å²) in [5.74, 6) is 2.09. The first-order valence-electron chi connectivity index (χ1n) is 8.89. The molecule has 1 aromatic rings. The Hall–Kier alpha value is -1.39. The standard InChI is InChI=1S/C17H30N6O2.HI/c1-7-18-16(19-9-8-14-20-13(4)21-25-14)22-10-15(24)23(12(2)3)17(5,6)11-22;/h12H,7-11H2,1-6H3,(H,18,19);1H. The van der Waals surface area contributed by atoms with Gasteiger partial charge < -0.3 is 19.6 Å². The van der Waals surface area contributed by atoms with Crippen LogP contribution in [-0.2, 0) is 11.2 Å². The number of aromatic nitrogens is 2. The largest absolute Gasteiger partial charge is 0.357 e. The summed E-state index contributed by atoms with van der Waals surface area (Å²) in [4.78, 5) is 25.5. The molecule has 148 valence electrons. The van der Waals surface area contributed by atoms with Gasteiger partial charge in [-0.05, 0) is 41.5 Å². The van der Waals surface area contributed by atoms with Crippen molar-refractivity contribution in [3.05, 3.63) is 11.7 Å². The van der Waals surface area contributed by atoms with Crippen LogP contribution in [0.4, 0.5) is 0 Å². The van der Waals surface area contributed by atoms with Crippen LogP contribution in [0.5, 0.6) is 0 Å². The van der Waals surface area contributed by atoms with Gasteiger partial charge in [0.1, 0.15) is 0 Å². The third kappa shape index (κ3) is 5.55. The van der Waals surface area contributed by atoms with Gasteiger partial charge in [-0.3, -0.25) is 9.79 Å². The second kappa shape index (κ2) is 9.52. The second-order valence-corrected chi connectivity index (χ2v) is 7.25. The molecule has 0 atom stereocenters. The SMILES string of the molecule is CCNC(=NCCc1nc(C)no1)N1CC(=O)N(C(C)C)C(C)(C)C1.I. The number of amides is 1. The molecule has 1 aromatic heterocycles. The van der Waals surface area contributed by atoms with E-state index in [4.69, 9.17) is 4.52 Å². The molecule has 0 unspecified atom stereocenters. The summed E-state index contributed by atoms with van der Waals surface area (Å²) in [6, 6.07) is 0.185. The molecule has 1 aliphatic rings. The van der Waals surface area contributed by atoms with Crippen LogP contribution in [0.25, 0.3) is 0 Å². The van der Waals surface area contributed by atoms with Crippen molar-refractivity contribution in [1.82, 2.24) is 25.3 Å². The molecule has 2 heterocycles. The Morgan fingerprint density at radius 1 is 1.42 bits per heavy atom. The molecule has 1 fully saturated rings. The van der Waals surface area contributed by atoms with Crippen molar-refractivity contribution < 1.29 is 9.32 Å². The zero-order chi connectivity index (χ0) is 18.6. The quantitative estimate of drug-likeness (QED) is 0.395. The predicted molar refractivity (Wildman–Crippen MR) is 112 cm³/mol. The molecular formula is C17H31IN6O2. The van der Waals surface area contributed by atoms with Gasteiger partial charge in [-0.25, -0.2) is 0 Å². The Kier molecular flexibility index (Phi) is 8.29. The number of carbonyl (C=O) groups is 1. The molecule has 0 saturated carbocycles. The lowest BCUT2D eigenvalue weighted by atomic mass is 9.96. The molecule has 9 heteroatoms. The summed E-state index contributed by atoms with van der Waals surface area (Å²) in [7, 11) is 0. The van der Waals surface area contributed by atoms with Crippen LogP contribution >= 0.6 is 24.0 Å². The van der Waals surface area contributed by atoms with Gasteiger partial charge in [-0.15, -0.1) is 24.0 Å². The van der Waals surface area contributed by atoms with Gasteiger partial charge in [-0.1, -0.05) is 5.16 Å². The molecule has 0 aliphatic carbocycles. The molecule has 1 amide bonds. The number of guanidine groups is 1. The predicted octanol–water partition coefficient (Wildman–Crippen LogP) is 1.84. The zero-order valence-electron chi connectivity index (χ0n) is 16.6. The smallest absolute Gasteiger partial charge is 0.242 e. The van der Waals surface area contributed by atoms with Crippen LogP contribution in [0, 0.1) is 6.92 Å². The van der Waals surface area contributed by atoms with Gasteiger partial charge in [0.05, 0.1) is 18.6 Å². The third-order valence-corrected chi connectivity index (χ3v) is 4.13. The highest BCUT2D eigenvalue weighted by atomic mass is 127. The summed E-state index contributed by atoms with van der Waals surface area (Å²) >= 11 is 0. The van der Waals surface area contributed by atoms with Gasteiger partial charge in [0, 0.05) is 25.6 Å². The van der Waals surface area contributed by atoms with E-state index in [1.54, 1.807) is 6.92 Å². The normalized spacial score (nSPS) is 17.5. The number of piperazine rings is 1. The molecule has 0 aromatic carbocycles. The molecule has 1 saturated heterocycles. The first-order valence-corrected chi connectivity index (χ1v) is 8.89. The number of aliphatic imine (C=N–C) groups is 1. The van der Waals surface area contributed by atoms with E-state index in [0.717, 1.165) is 19.0 Å². The van der Waals surface area contributed by atoms with E-state index in [1.807, 2.05) is 16.7 Å². The molecule has 0 spiro atoms. The summed E-state index contributed by atoms with van der Waals surface area (Å²) in [6.07, 6.45) is 0.582. The molecule has 1 aliphatic heterocycles. The van der Waals surface area contributed by atoms with Crippen molar-refractivity contribution in [3.8, 4) is 0 Å². The average molecular weight is 478 g/mol. The zero-order valence-corrected chi connectivity index (χ0v) is 18.9. The number of nitrogens with zero attached hydrogens (tertiary/aromatic N) is 5. The topological polar surface area (TPSA) is 86.9 Å². The van der Waals surface area contributed by atoms with Gasteiger partial charge in [0.25, 0.3) is 0 Å². The summed E-state index contributed by atoms with van der Waals surface area (Å²) < 4.78 is 5.12. The van der Waals surface area contributed by atoms with E-state index in [2.05, 4.69) is 48.1 Å².